The van der Waals surface area contributed by atoms with E-state index in [4.69, 9.17) is 10.7 Å². The minimum atomic E-state index is -0.104. The fraction of sp³-hybridized carbons (Fsp3) is 0.227. The van der Waals surface area contributed by atoms with Crippen LogP contribution in [0.3, 0.4) is 0 Å². The highest BCUT2D eigenvalue weighted by atomic mass is 16.3. The fourth-order valence-electron chi connectivity index (χ4n) is 3.31. The van der Waals surface area contributed by atoms with Gasteiger partial charge < -0.3 is 10.8 Å². The molecule has 6 heteroatoms. The van der Waals surface area contributed by atoms with Gasteiger partial charge in [-0.1, -0.05) is 37.6 Å². The summed E-state index contributed by atoms with van der Waals surface area (Å²) in [6.45, 7) is 2.02. The van der Waals surface area contributed by atoms with Crippen LogP contribution in [0.2, 0.25) is 0 Å². The molecule has 3 heterocycles. The molecule has 0 aliphatic heterocycles. The van der Waals surface area contributed by atoms with Crippen molar-refractivity contribution < 1.29 is 5.11 Å². The maximum atomic E-state index is 9.36. The van der Waals surface area contributed by atoms with Crippen LogP contribution in [0.5, 0.6) is 0 Å². The van der Waals surface area contributed by atoms with Gasteiger partial charge in [-0.15, -0.1) is 0 Å². The Kier molecular flexibility index (Phi) is 5.14. The molecule has 0 saturated heterocycles. The number of fused-ring (bicyclic) bond motifs is 1. The zero-order chi connectivity index (χ0) is 19.5. The van der Waals surface area contributed by atoms with Crippen LogP contribution in [-0.4, -0.2) is 24.9 Å². The minimum Gasteiger partial charge on any atom is -0.390 e. The first kappa shape index (κ1) is 18.3. The Balaban J connectivity index is 1.77. The summed E-state index contributed by atoms with van der Waals surface area (Å²) in [7, 11) is 0. The molecular formula is C22H23N5O. The number of aliphatic hydroxyl groups excluding tert-OH is 1. The van der Waals surface area contributed by atoms with Gasteiger partial charge in [-0.2, -0.15) is 5.10 Å². The number of hydrogen-bond donors (Lipinski definition) is 2. The topological polar surface area (TPSA) is 89.8 Å². The van der Waals surface area contributed by atoms with E-state index in [0.717, 1.165) is 40.7 Å². The van der Waals surface area contributed by atoms with Crippen molar-refractivity contribution in [1.29, 1.82) is 0 Å². The summed E-state index contributed by atoms with van der Waals surface area (Å²) in [5.74, 6) is 0.672. The molecule has 0 saturated carbocycles. The first-order chi connectivity index (χ1) is 13.7. The van der Waals surface area contributed by atoms with Crippen molar-refractivity contribution in [3.05, 3.63) is 72.2 Å². The third kappa shape index (κ3) is 3.52. The largest absolute Gasteiger partial charge is 0.390 e. The van der Waals surface area contributed by atoms with Gasteiger partial charge in [-0.3, -0.25) is 4.98 Å². The summed E-state index contributed by atoms with van der Waals surface area (Å²) in [6.07, 6.45) is 3.75. The summed E-state index contributed by atoms with van der Waals surface area (Å²) in [5.41, 5.74) is 10.6. The predicted octanol–water partition coefficient (Wildman–Crippen LogP) is 3.77. The SMILES string of the molecule is CCC[C@H](N)c1cccc(-c2ccc3cnn(-c4cccc(CO)n4)c3c2)n1. The number of hydrogen-bond acceptors (Lipinski definition) is 5. The van der Waals surface area contributed by atoms with E-state index in [0.29, 0.717) is 11.5 Å². The van der Waals surface area contributed by atoms with Crippen molar-refractivity contribution in [3.63, 3.8) is 0 Å². The van der Waals surface area contributed by atoms with Gasteiger partial charge in [0, 0.05) is 17.0 Å². The molecule has 0 spiro atoms. The van der Waals surface area contributed by atoms with Crippen molar-refractivity contribution in [2.24, 2.45) is 5.73 Å². The van der Waals surface area contributed by atoms with Crippen LogP contribution in [-0.2, 0) is 6.61 Å². The first-order valence-electron chi connectivity index (χ1n) is 9.47. The van der Waals surface area contributed by atoms with E-state index in [9.17, 15) is 5.11 Å². The summed E-state index contributed by atoms with van der Waals surface area (Å²) in [5, 5.41) is 14.9. The quantitative estimate of drug-likeness (QED) is 0.537. The molecule has 142 valence electrons. The molecule has 3 N–H and O–H groups in total. The van der Waals surface area contributed by atoms with Gasteiger partial charge in [-0.05, 0) is 36.8 Å². The molecule has 28 heavy (non-hydrogen) atoms. The molecule has 0 amide bonds. The van der Waals surface area contributed by atoms with Gasteiger partial charge in [0.15, 0.2) is 5.82 Å². The van der Waals surface area contributed by atoms with Crippen LogP contribution < -0.4 is 5.73 Å². The molecule has 6 nitrogen and oxygen atoms in total. The van der Waals surface area contributed by atoms with Gasteiger partial charge in [0.1, 0.15) is 0 Å². The number of benzene rings is 1. The highest BCUT2D eigenvalue weighted by Crippen LogP contribution is 2.26. The lowest BCUT2D eigenvalue weighted by molar-refractivity contribution is 0.276. The van der Waals surface area contributed by atoms with Crippen molar-refractivity contribution in [2.75, 3.05) is 0 Å². The number of rotatable bonds is 6. The zero-order valence-electron chi connectivity index (χ0n) is 15.8. The average molecular weight is 373 g/mol. The predicted molar refractivity (Wildman–Crippen MR) is 110 cm³/mol. The highest BCUT2D eigenvalue weighted by molar-refractivity contribution is 5.84. The smallest absolute Gasteiger partial charge is 0.154 e. The number of aliphatic hydroxyl groups is 1. The monoisotopic (exact) mass is 373 g/mol. The van der Waals surface area contributed by atoms with Gasteiger partial charge in [0.2, 0.25) is 0 Å². The zero-order valence-corrected chi connectivity index (χ0v) is 15.8. The molecule has 0 aliphatic rings. The highest BCUT2D eigenvalue weighted by Gasteiger charge is 2.11. The second kappa shape index (κ2) is 7.88. The van der Waals surface area contributed by atoms with E-state index in [2.05, 4.69) is 23.1 Å². The van der Waals surface area contributed by atoms with Crippen molar-refractivity contribution in [2.45, 2.75) is 32.4 Å². The van der Waals surface area contributed by atoms with Gasteiger partial charge in [0.05, 0.1) is 35.4 Å². The molecule has 3 aromatic heterocycles. The van der Waals surface area contributed by atoms with Crippen LogP contribution in [0.4, 0.5) is 0 Å². The lowest BCUT2D eigenvalue weighted by atomic mass is 10.1. The molecule has 0 bridgehead atoms. The van der Waals surface area contributed by atoms with E-state index >= 15 is 0 Å². The number of aromatic nitrogens is 4. The Bertz CT molecular complexity index is 1100. The Hall–Kier alpha value is -3.09. The van der Waals surface area contributed by atoms with E-state index in [-0.39, 0.29) is 12.6 Å². The van der Waals surface area contributed by atoms with Gasteiger partial charge in [-0.25, -0.2) is 9.67 Å². The molecule has 4 aromatic rings. The van der Waals surface area contributed by atoms with Crippen LogP contribution >= 0.6 is 0 Å². The van der Waals surface area contributed by atoms with Crippen molar-refractivity contribution >= 4 is 10.9 Å². The average Bonchev–Trinajstić information content (AvgIpc) is 3.17. The number of nitrogens with two attached hydrogens (primary N) is 1. The Morgan fingerprint density at radius 2 is 1.93 bits per heavy atom. The molecule has 1 atom stereocenters. The second-order valence-electron chi connectivity index (χ2n) is 6.82. The van der Waals surface area contributed by atoms with Gasteiger partial charge in [0.25, 0.3) is 0 Å². The van der Waals surface area contributed by atoms with Crippen molar-refractivity contribution in [3.8, 4) is 17.1 Å². The second-order valence-corrected chi connectivity index (χ2v) is 6.82. The maximum Gasteiger partial charge on any atom is 0.154 e. The molecular weight excluding hydrogens is 350 g/mol. The van der Waals surface area contributed by atoms with E-state index < -0.39 is 0 Å². The number of pyridine rings is 2. The molecule has 4 rings (SSSR count). The first-order valence-corrected chi connectivity index (χ1v) is 9.47. The summed E-state index contributed by atoms with van der Waals surface area (Å²) >= 11 is 0. The third-order valence-electron chi connectivity index (χ3n) is 4.79. The normalized spacial score (nSPS) is 12.4. The molecule has 0 fully saturated rings. The van der Waals surface area contributed by atoms with Crippen LogP contribution in [0.25, 0.3) is 28.0 Å². The molecule has 0 radical (unpaired) electrons. The molecule has 0 aliphatic carbocycles. The molecule has 1 aromatic carbocycles. The number of nitrogens with zero attached hydrogens (tertiary/aromatic N) is 4. The lowest BCUT2D eigenvalue weighted by Crippen LogP contribution is -2.11. The lowest BCUT2D eigenvalue weighted by Gasteiger charge is -2.11. The third-order valence-corrected chi connectivity index (χ3v) is 4.79. The Morgan fingerprint density at radius 3 is 2.75 bits per heavy atom. The van der Waals surface area contributed by atoms with E-state index in [1.54, 1.807) is 10.7 Å². The van der Waals surface area contributed by atoms with Crippen molar-refractivity contribution in [1.82, 2.24) is 19.7 Å². The van der Waals surface area contributed by atoms with E-state index in [1.165, 1.54) is 0 Å². The van der Waals surface area contributed by atoms with E-state index in [1.807, 2.05) is 48.7 Å². The minimum absolute atomic E-state index is 0.0513. The maximum absolute atomic E-state index is 9.36. The van der Waals surface area contributed by atoms with Crippen LogP contribution in [0.1, 0.15) is 37.2 Å². The standard InChI is InChI=1S/C22H23N5O/c1-2-5-18(23)20-8-4-7-19(26-20)15-10-11-16-13-24-27(21(16)12-15)22-9-3-6-17(14-28)25-22/h3-4,6-13,18,28H,2,5,14,23H2,1H3/t18-/m0/s1. The summed E-state index contributed by atoms with van der Waals surface area (Å²) < 4.78 is 1.78. The fourth-order valence-corrected chi connectivity index (χ4v) is 3.31. The summed E-state index contributed by atoms with van der Waals surface area (Å²) in [6, 6.07) is 17.6. The van der Waals surface area contributed by atoms with Crippen LogP contribution in [0.15, 0.2) is 60.8 Å². The summed E-state index contributed by atoms with van der Waals surface area (Å²) in [4.78, 5) is 9.24. The Morgan fingerprint density at radius 1 is 1.07 bits per heavy atom. The Labute approximate surface area is 163 Å². The van der Waals surface area contributed by atoms with Crippen LogP contribution in [0, 0.1) is 0 Å². The molecule has 0 unspecified atom stereocenters. The van der Waals surface area contributed by atoms with Gasteiger partial charge >= 0.3 is 0 Å².